The van der Waals surface area contributed by atoms with E-state index < -0.39 is 12.1 Å². The van der Waals surface area contributed by atoms with Gasteiger partial charge in [-0.15, -0.1) is 0 Å². The molecule has 2 aromatic rings. The number of aliphatic hydroxyl groups excluding tert-OH is 1. The van der Waals surface area contributed by atoms with Gasteiger partial charge in [0, 0.05) is 6.42 Å². The van der Waals surface area contributed by atoms with Crippen molar-refractivity contribution in [2.45, 2.75) is 12.5 Å². The van der Waals surface area contributed by atoms with Gasteiger partial charge in [0.1, 0.15) is 11.3 Å². The van der Waals surface area contributed by atoms with E-state index in [4.69, 9.17) is 9.47 Å². The van der Waals surface area contributed by atoms with Crippen LogP contribution in [0.3, 0.4) is 0 Å². The fourth-order valence-electron chi connectivity index (χ4n) is 2.51. The number of aliphatic hydroxyl groups is 1. The maximum absolute atomic E-state index is 11.5. The standard InChI is InChI=1S/C19H20O5/c1-23-12-17(19(21)22)15-8-3-4-9-16(15)18(20)11-13-6-5-7-14(10-13)24-2/h3-10,12,18,20H,11H2,1-2H3,(H,21,22)/b17-12+. The summed E-state index contributed by atoms with van der Waals surface area (Å²) in [5.74, 6) is -0.406. The Morgan fingerprint density at radius 2 is 1.92 bits per heavy atom. The number of hydrogen-bond donors (Lipinski definition) is 2. The minimum Gasteiger partial charge on any atom is -0.503 e. The number of carboxylic acid groups (broad SMARTS) is 1. The average Bonchev–Trinajstić information content (AvgIpc) is 2.59. The molecule has 2 N–H and O–H groups in total. The van der Waals surface area contributed by atoms with Crippen LogP contribution < -0.4 is 4.74 Å². The number of aliphatic carboxylic acids is 1. The highest BCUT2D eigenvalue weighted by atomic mass is 16.5. The first-order valence-corrected chi connectivity index (χ1v) is 7.43. The zero-order valence-corrected chi connectivity index (χ0v) is 13.6. The Morgan fingerprint density at radius 1 is 1.17 bits per heavy atom. The predicted octanol–water partition coefficient (Wildman–Crippen LogP) is 3.04. The molecule has 0 heterocycles. The van der Waals surface area contributed by atoms with E-state index in [1.54, 1.807) is 31.4 Å². The molecule has 1 unspecified atom stereocenters. The topological polar surface area (TPSA) is 76.0 Å². The van der Waals surface area contributed by atoms with Crippen LogP contribution in [-0.4, -0.2) is 30.4 Å². The molecule has 0 saturated heterocycles. The van der Waals surface area contributed by atoms with Crippen molar-refractivity contribution in [1.82, 2.24) is 0 Å². The van der Waals surface area contributed by atoms with Gasteiger partial charge in [0.2, 0.25) is 0 Å². The minimum absolute atomic E-state index is 0.00204. The highest BCUT2D eigenvalue weighted by molar-refractivity contribution is 6.15. The number of rotatable bonds is 7. The number of carbonyl (C=O) groups is 1. The molecule has 24 heavy (non-hydrogen) atoms. The third-order valence-electron chi connectivity index (χ3n) is 3.64. The smallest absolute Gasteiger partial charge is 0.339 e. The van der Waals surface area contributed by atoms with Crippen molar-refractivity contribution in [2.24, 2.45) is 0 Å². The van der Waals surface area contributed by atoms with Crippen molar-refractivity contribution in [3.05, 3.63) is 71.5 Å². The molecule has 0 aliphatic rings. The molecule has 0 radical (unpaired) electrons. The van der Waals surface area contributed by atoms with Gasteiger partial charge >= 0.3 is 5.97 Å². The van der Waals surface area contributed by atoms with Crippen LogP contribution in [0.15, 0.2) is 54.8 Å². The number of hydrogen-bond acceptors (Lipinski definition) is 4. The van der Waals surface area contributed by atoms with E-state index in [1.165, 1.54) is 13.4 Å². The molecular formula is C19H20O5. The van der Waals surface area contributed by atoms with Crippen LogP contribution in [0.4, 0.5) is 0 Å². The van der Waals surface area contributed by atoms with Gasteiger partial charge in [-0.1, -0.05) is 36.4 Å². The number of benzene rings is 2. The van der Waals surface area contributed by atoms with Crippen LogP contribution in [-0.2, 0) is 16.0 Å². The van der Waals surface area contributed by atoms with E-state index in [2.05, 4.69) is 0 Å². The monoisotopic (exact) mass is 328 g/mol. The maximum atomic E-state index is 11.5. The molecule has 5 nitrogen and oxygen atoms in total. The van der Waals surface area contributed by atoms with Gasteiger partial charge in [0.15, 0.2) is 0 Å². The van der Waals surface area contributed by atoms with Crippen molar-refractivity contribution >= 4 is 11.5 Å². The molecule has 5 heteroatoms. The van der Waals surface area contributed by atoms with Crippen molar-refractivity contribution in [3.63, 3.8) is 0 Å². The van der Waals surface area contributed by atoms with E-state index in [0.717, 1.165) is 5.56 Å². The van der Waals surface area contributed by atoms with Gasteiger partial charge in [-0.25, -0.2) is 4.79 Å². The number of methoxy groups -OCH3 is 2. The summed E-state index contributed by atoms with van der Waals surface area (Å²) in [6.07, 6.45) is 0.654. The Kier molecular flexibility index (Phi) is 5.98. The van der Waals surface area contributed by atoms with Gasteiger partial charge < -0.3 is 19.7 Å². The first-order chi connectivity index (χ1) is 11.6. The van der Waals surface area contributed by atoms with E-state index in [-0.39, 0.29) is 5.57 Å². The van der Waals surface area contributed by atoms with Crippen molar-refractivity contribution in [2.75, 3.05) is 14.2 Å². The van der Waals surface area contributed by atoms with Crippen LogP contribution in [0.2, 0.25) is 0 Å². The summed E-state index contributed by atoms with van der Waals surface area (Å²) in [5.41, 5.74) is 1.86. The molecule has 1 atom stereocenters. The molecule has 2 rings (SSSR count). The van der Waals surface area contributed by atoms with Crippen molar-refractivity contribution in [3.8, 4) is 5.75 Å². The van der Waals surface area contributed by atoms with Crippen molar-refractivity contribution in [1.29, 1.82) is 0 Å². The zero-order chi connectivity index (χ0) is 17.5. The lowest BCUT2D eigenvalue weighted by Crippen LogP contribution is -2.09. The van der Waals surface area contributed by atoms with Crippen molar-refractivity contribution < 1.29 is 24.5 Å². The van der Waals surface area contributed by atoms with E-state index in [1.807, 2.05) is 24.3 Å². The fourth-order valence-corrected chi connectivity index (χ4v) is 2.51. The van der Waals surface area contributed by atoms with Crippen LogP contribution in [0.25, 0.3) is 5.57 Å². The van der Waals surface area contributed by atoms with E-state index in [0.29, 0.717) is 23.3 Å². The predicted molar refractivity (Wildman–Crippen MR) is 90.7 cm³/mol. The number of ether oxygens (including phenoxy) is 2. The fraction of sp³-hybridized carbons (Fsp3) is 0.211. The van der Waals surface area contributed by atoms with Crippen LogP contribution in [0, 0.1) is 0 Å². The SMILES string of the molecule is CO/C=C(/C(=O)O)c1ccccc1C(O)Cc1cccc(OC)c1. The zero-order valence-electron chi connectivity index (χ0n) is 13.6. The first-order valence-electron chi connectivity index (χ1n) is 7.43. The molecular weight excluding hydrogens is 308 g/mol. The molecule has 0 aliphatic heterocycles. The summed E-state index contributed by atoms with van der Waals surface area (Å²) in [4.78, 5) is 11.5. The second kappa shape index (κ2) is 8.17. The van der Waals surface area contributed by atoms with Gasteiger partial charge in [0.05, 0.1) is 26.6 Å². The van der Waals surface area contributed by atoms with E-state index in [9.17, 15) is 15.0 Å². The van der Waals surface area contributed by atoms with Crippen LogP contribution in [0.1, 0.15) is 22.8 Å². The summed E-state index contributed by atoms with van der Waals surface area (Å²) < 4.78 is 10.0. The lowest BCUT2D eigenvalue weighted by atomic mass is 9.93. The third-order valence-corrected chi connectivity index (χ3v) is 3.64. The summed E-state index contributed by atoms with van der Waals surface area (Å²) >= 11 is 0. The third kappa shape index (κ3) is 4.14. The second-order valence-corrected chi connectivity index (χ2v) is 5.23. The minimum atomic E-state index is -1.11. The lowest BCUT2D eigenvalue weighted by molar-refractivity contribution is -0.130. The molecule has 0 fully saturated rings. The Morgan fingerprint density at radius 3 is 2.58 bits per heavy atom. The summed E-state index contributed by atoms with van der Waals surface area (Å²) in [6, 6.07) is 14.3. The number of carboxylic acids is 1. The highest BCUT2D eigenvalue weighted by Crippen LogP contribution is 2.28. The first kappa shape index (κ1) is 17.6. The van der Waals surface area contributed by atoms with Crippen LogP contribution >= 0.6 is 0 Å². The maximum Gasteiger partial charge on any atom is 0.339 e. The average molecular weight is 328 g/mol. The molecule has 0 aromatic heterocycles. The van der Waals surface area contributed by atoms with Gasteiger partial charge in [-0.05, 0) is 28.8 Å². The Hall–Kier alpha value is -2.79. The molecule has 0 saturated carbocycles. The summed E-state index contributed by atoms with van der Waals surface area (Å²) in [5, 5.41) is 20.0. The quantitative estimate of drug-likeness (QED) is 0.603. The van der Waals surface area contributed by atoms with E-state index >= 15 is 0 Å². The Labute approximate surface area is 140 Å². The Bertz CT molecular complexity index is 736. The second-order valence-electron chi connectivity index (χ2n) is 5.23. The highest BCUT2D eigenvalue weighted by Gasteiger charge is 2.19. The molecule has 2 aromatic carbocycles. The molecule has 126 valence electrons. The van der Waals surface area contributed by atoms with Gasteiger partial charge in [-0.3, -0.25) is 0 Å². The largest absolute Gasteiger partial charge is 0.503 e. The molecule has 0 amide bonds. The van der Waals surface area contributed by atoms with Crippen LogP contribution in [0.5, 0.6) is 5.75 Å². The molecule has 0 spiro atoms. The normalized spacial score (nSPS) is 12.5. The molecule has 0 bridgehead atoms. The molecule has 0 aliphatic carbocycles. The van der Waals surface area contributed by atoms with Gasteiger partial charge in [-0.2, -0.15) is 0 Å². The summed E-state index contributed by atoms with van der Waals surface area (Å²) in [7, 11) is 2.97. The Balaban J connectivity index is 2.34. The summed E-state index contributed by atoms with van der Waals surface area (Å²) in [6.45, 7) is 0. The lowest BCUT2D eigenvalue weighted by Gasteiger charge is -2.16. The van der Waals surface area contributed by atoms with Gasteiger partial charge in [0.25, 0.3) is 0 Å².